The Bertz CT molecular complexity index is 1370. The van der Waals surface area contributed by atoms with Gasteiger partial charge in [0.1, 0.15) is 5.69 Å². The molecule has 4 rings (SSSR count). The van der Waals surface area contributed by atoms with E-state index in [0.29, 0.717) is 10.9 Å². The number of hydrogen-bond acceptors (Lipinski definition) is 4. The summed E-state index contributed by atoms with van der Waals surface area (Å²) in [5, 5.41) is 4.24. The summed E-state index contributed by atoms with van der Waals surface area (Å²) in [5.41, 5.74) is -0.349. The van der Waals surface area contributed by atoms with Crippen molar-refractivity contribution in [3.63, 3.8) is 0 Å². The van der Waals surface area contributed by atoms with Crippen LogP contribution in [0.15, 0.2) is 47.4 Å². The Kier molecular flexibility index (Phi) is 5.54. The van der Waals surface area contributed by atoms with Gasteiger partial charge in [0, 0.05) is 18.8 Å². The smallest absolute Gasteiger partial charge is 0.291 e. The third-order valence-electron chi connectivity index (χ3n) is 4.90. The predicted octanol–water partition coefficient (Wildman–Crippen LogP) is 5.28. The zero-order valence-corrected chi connectivity index (χ0v) is 18.2. The van der Waals surface area contributed by atoms with E-state index in [1.807, 2.05) is 13.8 Å². The Balaban J connectivity index is 2.12. The van der Waals surface area contributed by atoms with E-state index in [1.165, 1.54) is 16.8 Å². The molecule has 0 N–H and O–H groups in total. The molecule has 0 saturated carbocycles. The second-order valence-electron chi connectivity index (χ2n) is 7.85. The summed E-state index contributed by atoms with van der Waals surface area (Å²) in [6.45, 7) is 5.86. The van der Waals surface area contributed by atoms with E-state index < -0.39 is 11.9 Å². The van der Waals surface area contributed by atoms with Gasteiger partial charge < -0.3 is 0 Å². The van der Waals surface area contributed by atoms with Crippen LogP contribution in [0.5, 0.6) is 0 Å². The number of fused-ring (bicyclic) bond motifs is 1. The number of benzene rings is 1. The van der Waals surface area contributed by atoms with Gasteiger partial charge in [0.2, 0.25) is 0 Å². The van der Waals surface area contributed by atoms with Crippen molar-refractivity contribution in [3.8, 4) is 17.3 Å². The lowest BCUT2D eigenvalue weighted by molar-refractivity contribution is -0.141. The molecule has 3 heterocycles. The van der Waals surface area contributed by atoms with E-state index >= 15 is 0 Å². The number of nitrogens with zero attached hydrogens (tertiary/aromatic N) is 5. The molecule has 0 aliphatic rings. The summed E-state index contributed by atoms with van der Waals surface area (Å²) in [5.74, 6) is 0.109. The number of halogens is 4. The normalized spacial score (nSPS) is 12.1. The van der Waals surface area contributed by atoms with Gasteiger partial charge in [0.05, 0.1) is 15.9 Å². The van der Waals surface area contributed by atoms with Crippen molar-refractivity contribution in [1.82, 2.24) is 24.3 Å². The molecular formula is C22H19ClF3N5O. The van der Waals surface area contributed by atoms with Crippen LogP contribution in [-0.2, 0) is 12.7 Å². The number of hydrogen-bond donors (Lipinski definition) is 0. The summed E-state index contributed by atoms with van der Waals surface area (Å²) in [4.78, 5) is 22.1. The Morgan fingerprint density at radius 1 is 1.16 bits per heavy atom. The quantitative estimate of drug-likeness (QED) is 0.414. The Morgan fingerprint density at radius 2 is 1.91 bits per heavy atom. The molecule has 1 aromatic carbocycles. The second-order valence-corrected chi connectivity index (χ2v) is 8.26. The molecule has 4 aromatic rings. The van der Waals surface area contributed by atoms with Crippen LogP contribution < -0.4 is 5.56 Å². The number of alkyl halides is 3. The molecule has 32 heavy (non-hydrogen) atoms. The molecule has 0 saturated heterocycles. The van der Waals surface area contributed by atoms with Crippen molar-refractivity contribution in [2.45, 2.75) is 33.5 Å². The minimum absolute atomic E-state index is 0.00916. The summed E-state index contributed by atoms with van der Waals surface area (Å²) in [7, 11) is 0. The fourth-order valence-corrected chi connectivity index (χ4v) is 3.69. The van der Waals surface area contributed by atoms with Crippen LogP contribution in [0.25, 0.3) is 28.2 Å². The summed E-state index contributed by atoms with van der Waals surface area (Å²) in [6, 6.07) is 9.13. The molecule has 0 atom stereocenters. The third-order valence-corrected chi connectivity index (χ3v) is 5.20. The maximum Gasteiger partial charge on any atom is 0.435 e. The summed E-state index contributed by atoms with van der Waals surface area (Å²) < 4.78 is 43.2. The van der Waals surface area contributed by atoms with Gasteiger partial charge in [-0.25, -0.2) is 14.6 Å². The average Bonchev–Trinajstić information content (AvgIpc) is 3.16. The highest BCUT2D eigenvalue weighted by molar-refractivity contribution is 6.32. The van der Waals surface area contributed by atoms with Crippen LogP contribution in [0.4, 0.5) is 13.2 Å². The predicted molar refractivity (Wildman–Crippen MR) is 116 cm³/mol. The number of aromatic nitrogens is 5. The number of rotatable bonds is 4. The minimum Gasteiger partial charge on any atom is -0.291 e. The van der Waals surface area contributed by atoms with E-state index in [0.717, 1.165) is 16.3 Å². The molecule has 0 amide bonds. The molecule has 0 spiro atoms. The van der Waals surface area contributed by atoms with E-state index in [1.54, 1.807) is 31.2 Å². The zero-order chi connectivity index (χ0) is 23.2. The maximum absolute atomic E-state index is 13.6. The van der Waals surface area contributed by atoms with Crippen LogP contribution in [0.2, 0.25) is 5.02 Å². The van der Waals surface area contributed by atoms with E-state index in [4.69, 9.17) is 11.6 Å². The number of aryl methyl sites for hydroxylation is 1. The topological polar surface area (TPSA) is 65.6 Å². The van der Waals surface area contributed by atoms with Gasteiger partial charge in [-0.15, -0.1) is 0 Å². The SMILES string of the molecule is Cc1cccc2c(=O)n(CC(C)C)c(-c3cc(C(F)(F)F)nn3-c3ncccc3Cl)nc12. The highest BCUT2D eigenvalue weighted by Gasteiger charge is 2.36. The molecule has 10 heteroatoms. The van der Waals surface area contributed by atoms with Crippen molar-refractivity contribution in [2.75, 3.05) is 0 Å². The first-order valence-electron chi connectivity index (χ1n) is 9.86. The van der Waals surface area contributed by atoms with Crippen LogP contribution in [-0.4, -0.2) is 24.3 Å². The monoisotopic (exact) mass is 461 g/mol. The average molecular weight is 462 g/mol. The first-order valence-corrected chi connectivity index (χ1v) is 10.2. The van der Waals surface area contributed by atoms with Crippen LogP contribution >= 0.6 is 11.6 Å². The largest absolute Gasteiger partial charge is 0.435 e. The van der Waals surface area contributed by atoms with Crippen molar-refractivity contribution in [3.05, 3.63) is 69.2 Å². The van der Waals surface area contributed by atoms with Crippen LogP contribution in [0.3, 0.4) is 0 Å². The zero-order valence-electron chi connectivity index (χ0n) is 17.5. The Morgan fingerprint density at radius 3 is 2.56 bits per heavy atom. The third kappa shape index (κ3) is 3.88. The second kappa shape index (κ2) is 8.05. The number of para-hydroxylation sites is 1. The lowest BCUT2D eigenvalue weighted by Gasteiger charge is -2.17. The highest BCUT2D eigenvalue weighted by atomic mass is 35.5. The van der Waals surface area contributed by atoms with Gasteiger partial charge in [-0.3, -0.25) is 9.36 Å². The van der Waals surface area contributed by atoms with E-state index in [2.05, 4.69) is 15.1 Å². The van der Waals surface area contributed by atoms with E-state index in [9.17, 15) is 18.0 Å². The molecule has 3 aromatic heterocycles. The number of pyridine rings is 1. The first kappa shape index (κ1) is 22.0. The van der Waals surface area contributed by atoms with Crippen LogP contribution in [0.1, 0.15) is 25.1 Å². The molecule has 0 radical (unpaired) electrons. The molecule has 0 fully saturated rings. The fraction of sp³-hybridized carbons (Fsp3) is 0.273. The minimum atomic E-state index is -4.71. The van der Waals surface area contributed by atoms with Crippen molar-refractivity contribution in [1.29, 1.82) is 0 Å². The molecule has 0 aliphatic carbocycles. The fourth-order valence-electron chi connectivity index (χ4n) is 3.49. The summed E-state index contributed by atoms with van der Waals surface area (Å²) in [6.07, 6.45) is -3.31. The van der Waals surface area contributed by atoms with Crippen LogP contribution in [0, 0.1) is 12.8 Å². The van der Waals surface area contributed by atoms with Gasteiger partial charge >= 0.3 is 6.18 Å². The van der Waals surface area contributed by atoms with Gasteiger partial charge in [-0.05, 0) is 36.6 Å². The van der Waals surface area contributed by atoms with Gasteiger partial charge in [-0.1, -0.05) is 37.6 Å². The Hall–Kier alpha value is -3.20. The highest BCUT2D eigenvalue weighted by Crippen LogP contribution is 2.34. The summed E-state index contributed by atoms with van der Waals surface area (Å²) >= 11 is 6.22. The van der Waals surface area contributed by atoms with Crippen molar-refractivity contribution >= 4 is 22.5 Å². The van der Waals surface area contributed by atoms with Gasteiger partial charge in [0.15, 0.2) is 17.3 Å². The van der Waals surface area contributed by atoms with Crippen molar-refractivity contribution < 1.29 is 13.2 Å². The lowest BCUT2D eigenvalue weighted by atomic mass is 10.1. The molecule has 0 bridgehead atoms. The standard InChI is InChI=1S/C22H19ClF3N5O/c1-12(2)11-30-20(28-18-13(3)6-4-7-14(18)21(30)32)16-10-17(22(24,25)26)29-31(16)19-15(23)8-5-9-27-19/h4-10,12H,11H2,1-3H3. The molecule has 0 aliphatic heterocycles. The maximum atomic E-state index is 13.6. The van der Waals surface area contributed by atoms with E-state index in [-0.39, 0.29) is 40.4 Å². The molecule has 6 nitrogen and oxygen atoms in total. The molecule has 0 unspecified atom stereocenters. The van der Waals surface area contributed by atoms with Crippen molar-refractivity contribution in [2.24, 2.45) is 5.92 Å². The van der Waals surface area contributed by atoms with Gasteiger partial charge in [0.25, 0.3) is 5.56 Å². The Labute approximate surface area is 186 Å². The first-order chi connectivity index (χ1) is 15.1. The lowest BCUT2D eigenvalue weighted by Crippen LogP contribution is -2.26. The molecule has 166 valence electrons. The molecular weight excluding hydrogens is 443 g/mol. The van der Waals surface area contributed by atoms with Gasteiger partial charge in [-0.2, -0.15) is 18.3 Å².